The molecular weight excluding hydrogens is 310 g/mol. The highest BCUT2D eigenvalue weighted by molar-refractivity contribution is 7.19. The number of rotatable bonds is 5. The molecule has 3 rings (SSSR count). The van der Waals surface area contributed by atoms with Gasteiger partial charge in [-0.1, -0.05) is 0 Å². The van der Waals surface area contributed by atoms with Crippen LogP contribution in [0.4, 0.5) is 5.82 Å². The van der Waals surface area contributed by atoms with Crippen molar-refractivity contribution < 1.29 is 4.42 Å². The molecule has 0 fully saturated rings. The van der Waals surface area contributed by atoms with Crippen LogP contribution >= 0.6 is 22.9 Å². The summed E-state index contributed by atoms with van der Waals surface area (Å²) in [5.41, 5.74) is 7.64. The number of aromatic nitrogens is 3. The highest BCUT2D eigenvalue weighted by atomic mass is 35.5. The molecule has 0 aliphatic carbocycles. The molecule has 3 heterocycles. The van der Waals surface area contributed by atoms with Gasteiger partial charge in [0.1, 0.15) is 12.1 Å². The Balaban J connectivity index is 1.98. The van der Waals surface area contributed by atoms with E-state index in [1.165, 1.54) is 11.1 Å². The molecule has 0 aromatic carbocycles. The van der Waals surface area contributed by atoms with Gasteiger partial charge in [-0.05, 0) is 37.1 Å². The van der Waals surface area contributed by atoms with Crippen LogP contribution in [0, 0.1) is 6.92 Å². The molecule has 0 bridgehead atoms. The van der Waals surface area contributed by atoms with E-state index >= 15 is 0 Å². The Morgan fingerprint density at radius 2 is 2.29 bits per heavy atom. The first-order valence-corrected chi connectivity index (χ1v) is 7.66. The average molecular weight is 324 g/mol. The molecule has 0 spiro atoms. The first kappa shape index (κ1) is 14.2. The largest absolute Gasteiger partial charge is 0.447 e. The Morgan fingerprint density at radius 3 is 3.00 bits per heavy atom. The predicted octanol–water partition coefficient (Wildman–Crippen LogP) is 2.75. The first-order valence-electron chi connectivity index (χ1n) is 6.47. The van der Waals surface area contributed by atoms with E-state index in [0.29, 0.717) is 24.8 Å². The highest BCUT2D eigenvalue weighted by Crippen LogP contribution is 2.34. The van der Waals surface area contributed by atoms with E-state index in [4.69, 9.17) is 21.8 Å². The molecule has 0 radical (unpaired) electrons. The third-order valence-corrected chi connectivity index (χ3v) is 4.62. The van der Waals surface area contributed by atoms with Crippen LogP contribution in [0.5, 0.6) is 0 Å². The Hall–Kier alpha value is -1.70. The van der Waals surface area contributed by atoms with E-state index in [1.54, 1.807) is 17.5 Å². The van der Waals surface area contributed by atoms with Crippen molar-refractivity contribution in [3.05, 3.63) is 34.1 Å². The van der Waals surface area contributed by atoms with Crippen LogP contribution in [0.25, 0.3) is 10.2 Å². The van der Waals surface area contributed by atoms with E-state index < -0.39 is 0 Å². The van der Waals surface area contributed by atoms with Crippen LogP contribution < -0.4 is 11.1 Å². The Labute approximate surface area is 130 Å². The topological polar surface area (TPSA) is 89.9 Å². The molecule has 3 N–H and O–H groups in total. The van der Waals surface area contributed by atoms with Crippen LogP contribution in [0.2, 0.25) is 5.28 Å². The fourth-order valence-electron chi connectivity index (χ4n) is 2.09. The zero-order chi connectivity index (χ0) is 14.8. The smallest absolute Gasteiger partial charge is 0.224 e. The van der Waals surface area contributed by atoms with Crippen LogP contribution in [0.15, 0.2) is 16.9 Å². The summed E-state index contributed by atoms with van der Waals surface area (Å²) in [7, 11) is 0. The molecule has 0 saturated carbocycles. The molecule has 21 heavy (non-hydrogen) atoms. The number of oxazole rings is 1. The van der Waals surface area contributed by atoms with E-state index in [-0.39, 0.29) is 5.28 Å². The molecule has 8 heteroatoms. The Kier molecular flexibility index (Phi) is 4.05. The molecule has 3 aromatic rings. The van der Waals surface area contributed by atoms with Crippen molar-refractivity contribution >= 4 is 39.0 Å². The molecule has 0 aliphatic heterocycles. The standard InChI is InChI=1S/C13H14ClN5OS/c1-7-8(2-3-15)21-11-10(7)18-13(14)19-12(11)17-6-9-16-4-5-20-9/h4-5H,2-3,6,15H2,1H3,(H,17,18,19). The molecule has 6 nitrogen and oxygen atoms in total. The summed E-state index contributed by atoms with van der Waals surface area (Å²) in [6.07, 6.45) is 3.96. The molecule has 110 valence electrons. The third-order valence-electron chi connectivity index (χ3n) is 3.10. The van der Waals surface area contributed by atoms with Crippen molar-refractivity contribution in [1.82, 2.24) is 15.0 Å². The summed E-state index contributed by atoms with van der Waals surface area (Å²) in [4.78, 5) is 13.9. The normalized spacial score (nSPS) is 11.2. The maximum atomic E-state index is 6.02. The van der Waals surface area contributed by atoms with Gasteiger partial charge in [-0.3, -0.25) is 0 Å². The van der Waals surface area contributed by atoms with Gasteiger partial charge in [0, 0.05) is 4.88 Å². The summed E-state index contributed by atoms with van der Waals surface area (Å²) in [5, 5.41) is 3.42. The number of aryl methyl sites for hydroxylation is 1. The average Bonchev–Trinajstić information content (AvgIpc) is 3.07. The quantitative estimate of drug-likeness (QED) is 0.702. The van der Waals surface area contributed by atoms with Gasteiger partial charge < -0.3 is 15.5 Å². The lowest BCUT2D eigenvalue weighted by atomic mass is 10.2. The maximum absolute atomic E-state index is 6.02. The zero-order valence-corrected chi connectivity index (χ0v) is 13.0. The van der Waals surface area contributed by atoms with Crippen LogP contribution in [-0.4, -0.2) is 21.5 Å². The maximum Gasteiger partial charge on any atom is 0.224 e. The van der Waals surface area contributed by atoms with E-state index in [9.17, 15) is 0 Å². The van der Waals surface area contributed by atoms with Gasteiger partial charge >= 0.3 is 0 Å². The fourth-order valence-corrected chi connectivity index (χ4v) is 3.49. The van der Waals surface area contributed by atoms with Gasteiger partial charge in [-0.15, -0.1) is 11.3 Å². The summed E-state index contributed by atoms with van der Waals surface area (Å²) in [6, 6.07) is 0. The lowest BCUT2D eigenvalue weighted by Crippen LogP contribution is -2.02. The predicted molar refractivity (Wildman–Crippen MR) is 83.8 cm³/mol. The number of nitrogens with two attached hydrogens (primary N) is 1. The van der Waals surface area contributed by atoms with Crippen LogP contribution in [0.3, 0.4) is 0 Å². The molecular formula is C13H14ClN5OS. The minimum atomic E-state index is 0.220. The first-order chi connectivity index (χ1) is 10.2. The molecule has 0 saturated heterocycles. The molecule has 0 unspecified atom stereocenters. The minimum absolute atomic E-state index is 0.220. The van der Waals surface area contributed by atoms with Crippen molar-refractivity contribution in [1.29, 1.82) is 0 Å². The zero-order valence-electron chi connectivity index (χ0n) is 11.4. The highest BCUT2D eigenvalue weighted by Gasteiger charge is 2.15. The van der Waals surface area contributed by atoms with E-state index in [0.717, 1.165) is 22.2 Å². The molecule has 0 amide bonds. The van der Waals surface area contributed by atoms with Gasteiger partial charge in [0.15, 0.2) is 0 Å². The molecule has 0 atom stereocenters. The van der Waals surface area contributed by atoms with E-state index in [2.05, 4.69) is 20.3 Å². The van der Waals surface area contributed by atoms with Crippen LogP contribution in [-0.2, 0) is 13.0 Å². The second kappa shape index (κ2) is 5.97. The van der Waals surface area contributed by atoms with Gasteiger partial charge in [0.25, 0.3) is 0 Å². The fraction of sp³-hybridized carbons (Fsp3) is 0.308. The van der Waals surface area contributed by atoms with Crippen molar-refractivity contribution in [3.63, 3.8) is 0 Å². The third kappa shape index (κ3) is 2.85. The van der Waals surface area contributed by atoms with Crippen LogP contribution in [0.1, 0.15) is 16.3 Å². The number of hydrogen-bond donors (Lipinski definition) is 2. The van der Waals surface area contributed by atoms with Crippen molar-refractivity contribution in [2.45, 2.75) is 19.9 Å². The monoisotopic (exact) mass is 323 g/mol. The van der Waals surface area contributed by atoms with Crippen molar-refractivity contribution in [2.75, 3.05) is 11.9 Å². The summed E-state index contributed by atoms with van der Waals surface area (Å²) < 4.78 is 6.18. The second-order valence-corrected chi connectivity index (χ2v) is 5.93. The molecule has 3 aromatic heterocycles. The van der Waals surface area contributed by atoms with E-state index in [1.807, 2.05) is 6.92 Å². The van der Waals surface area contributed by atoms with Crippen molar-refractivity contribution in [2.24, 2.45) is 5.73 Å². The number of halogens is 1. The number of nitrogens with one attached hydrogen (secondary N) is 1. The lowest BCUT2D eigenvalue weighted by molar-refractivity contribution is 0.503. The van der Waals surface area contributed by atoms with Gasteiger partial charge in [-0.25, -0.2) is 9.97 Å². The number of thiophene rings is 1. The summed E-state index contributed by atoms with van der Waals surface area (Å²) in [5.74, 6) is 1.29. The SMILES string of the molecule is Cc1c(CCN)sc2c(NCc3ncco3)nc(Cl)nc12. The van der Waals surface area contributed by atoms with Crippen molar-refractivity contribution in [3.8, 4) is 0 Å². The Morgan fingerprint density at radius 1 is 1.43 bits per heavy atom. The van der Waals surface area contributed by atoms with Gasteiger partial charge in [0.05, 0.1) is 23.0 Å². The second-order valence-electron chi connectivity index (χ2n) is 4.49. The summed E-state index contributed by atoms with van der Waals surface area (Å²) >= 11 is 7.67. The minimum Gasteiger partial charge on any atom is -0.447 e. The van der Waals surface area contributed by atoms with Gasteiger partial charge in [-0.2, -0.15) is 4.98 Å². The summed E-state index contributed by atoms with van der Waals surface area (Å²) in [6.45, 7) is 3.08. The lowest BCUT2D eigenvalue weighted by Gasteiger charge is -2.04. The number of nitrogens with zero attached hydrogens (tertiary/aromatic N) is 3. The number of hydrogen-bond acceptors (Lipinski definition) is 7. The van der Waals surface area contributed by atoms with Gasteiger partial charge in [0.2, 0.25) is 11.2 Å². The molecule has 0 aliphatic rings. The number of fused-ring (bicyclic) bond motifs is 1. The Bertz CT molecular complexity index is 756. The number of anilines is 1.